The van der Waals surface area contributed by atoms with Crippen LogP contribution in [0.25, 0.3) is 0 Å². The highest BCUT2D eigenvalue weighted by molar-refractivity contribution is 5.76. The number of nitrogens with zero attached hydrogens (tertiary/aromatic N) is 1. The lowest BCUT2D eigenvalue weighted by Gasteiger charge is -2.32. The largest absolute Gasteiger partial charge is 0.460 e. The van der Waals surface area contributed by atoms with Crippen molar-refractivity contribution in [1.29, 1.82) is 0 Å². The smallest absolute Gasteiger partial charge is 0.407 e. The molecule has 1 N–H and O–H groups in total. The summed E-state index contributed by atoms with van der Waals surface area (Å²) in [6, 6.07) is 19.9. The van der Waals surface area contributed by atoms with Crippen molar-refractivity contribution < 1.29 is 19.1 Å². The summed E-state index contributed by atoms with van der Waals surface area (Å²) < 4.78 is 11.1. The second-order valence-corrected chi connectivity index (χ2v) is 9.98. The van der Waals surface area contributed by atoms with Crippen molar-refractivity contribution in [2.45, 2.75) is 71.2 Å². The second kappa shape index (κ2) is 12.0. The Labute approximate surface area is 203 Å². The Morgan fingerprint density at radius 1 is 1.06 bits per heavy atom. The van der Waals surface area contributed by atoms with Gasteiger partial charge in [-0.05, 0) is 70.5 Å². The molecule has 1 fully saturated rings. The molecule has 0 unspecified atom stereocenters. The molecule has 34 heavy (non-hydrogen) atoms. The fourth-order valence-corrected chi connectivity index (χ4v) is 4.55. The zero-order valence-corrected chi connectivity index (χ0v) is 20.8. The Bertz CT molecular complexity index is 911. The highest BCUT2D eigenvalue weighted by Crippen LogP contribution is 2.35. The van der Waals surface area contributed by atoms with Crippen molar-refractivity contribution >= 4 is 12.1 Å². The van der Waals surface area contributed by atoms with Gasteiger partial charge in [0, 0.05) is 12.6 Å². The van der Waals surface area contributed by atoms with Gasteiger partial charge in [-0.15, -0.1) is 0 Å². The summed E-state index contributed by atoms with van der Waals surface area (Å²) in [5.74, 6) is 0.00380. The van der Waals surface area contributed by atoms with Gasteiger partial charge in [0.05, 0.1) is 0 Å². The molecule has 184 valence electrons. The summed E-state index contributed by atoms with van der Waals surface area (Å²) in [6.07, 6.45) is 2.13. The number of rotatable bonds is 9. The van der Waals surface area contributed by atoms with Crippen LogP contribution in [-0.4, -0.2) is 41.7 Å². The van der Waals surface area contributed by atoms with Gasteiger partial charge in [0.25, 0.3) is 0 Å². The van der Waals surface area contributed by atoms with Crippen molar-refractivity contribution in [3.63, 3.8) is 0 Å². The van der Waals surface area contributed by atoms with E-state index in [9.17, 15) is 9.59 Å². The highest BCUT2D eigenvalue weighted by Gasteiger charge is 2.42. The Balaban J connectivity index is 1.62. The monoisotopic (exact) mass is 466 g/mol. The second-order valence-electron chi connectivity index (χ2n) is 9.98. The normalized spacial score (nSPS) is 19.4. The van der Waals surface area contributed by atoms with Gasteiger partial charge in [-0.3, -0.25) is 9.69 Å². The third-order valence-corrected chi connectivity index (χ3v) is 6.23. The van der Waals surface area contributed by atoms with Gasteiger partial charge >= 0.3 is 12.1 Å². The predicted molar refractivity (Wildman–Crippen MR) is 133 cm³/mol. The van der Waals surface area contributed by atoms with Crippen LogP contribution in [0.4, 0.5) is 4.79 Å². The van der Waals surface area contributed by atoms with E-state index in [0.717, 1.165) is 31.4 Å². The average molecular weight is 467 g/mol. The quantitative estimate of drug-likeness (QED) is 0.391. The van der Waals surface area contributed by atoms with E-state index in [0.29, 0.717) is 6.54 Å². The molecule has 1 saturated heterocycles. The maximum atomic E-state index is 13.3. The third kappa shape index (κ3) is 7.59. The number of benzene rings is 2. The van der Waals surface area contributed by atoms with Crippen molar-refractivity contribution in [3.8, 4) is 0 Å². The summed E-state index contributed by atoms with van der Waals surface area (Å²) >= 11 is 0. The fourth-order valence-electron chi connectivity index (χ4n) is 4.55. The average Bonchev–Trinajstić information content (AvgIpc) is 3.24. The SMILES string of the molecule is C[C@@H](c1ccccc1)N1CC[C@@H](CCCNC(=O)OC(C)(C)C)[C@H]1C(=O)OCc1ccccc1. The molecule has 6 nitrogen and oxygen atoms in total. The van der Waals surface area contributed by atoms with E-state index in [1.54, 1.807) is 0 Å². The van der Waals surface area contributed by atoms with Gasteiger partial charge in [0.2, 0.25) is 0 Å². The Kier molecular flexibility index (Phi) is 9.11. The third-order valence-electron chi connectivity index (χ3n) is 6.23. The zero-order valence-electron chi connectivity index (χ0n) is 20.8. The first-order chi connectivity index (χ1) is 16.2. The molecule has 1 aliphatic heterocycles. The van der Waals surface area contributed by atoms with Crippen LogP contribution in [0.5, 0.6) is 0 Å². The van der Waals surface area contributed by atoms with Crippen molar-refractivity contribution in [2.24, 2.45) is 5.92 Å². The summed E-state index contributed by atoms with van der Waals surface area (Å²) in [6.45, 7) is 9.32. The first kappa shape index (κ1) is 25.8. The molecular weight excluding hydrogens is 428 g/mol. The van der Waals surface area contributed by atoms with E-state index < -0.39 is 11.7 Å². The maximum Gasteiger partial charge on any atom is 0.407 e. The fraction of sp³-hybridized carbons (Fsp3) is 0.500. The Morgan fingerprint density at radius 3 is 2.35 bits per heavy atom. The number of likely N-dealkylation sites (tertiary alicyclic amines) is 1. The summed E-state index contributed by atoms with van der Waals surface area (Å²) in [4.78, 5) is 27.5. The van der Waals surface area contributed by atoms with E-state index in [-0.39, 0.29) is 30.6 Å². The zero-order chi connectivity index (χ0) is 24.6. The van der Waals surface area contributed by atoms with Crippen molar-refractivity contribution in [1.82, 2.24) is 10.2 Å². The standard InChI is InChI=1S/C28H38N2O4/c1-21(23-14-9-6-10-15-23)30-19-17-24(16-11-18-29-27(32)34-28(2,3)4)25(30)26(31)33-20-22-12-7-5-8-13-22/h5-10,12-15,21,24-25H,11,16-20H2,1-4H3,(H,29,32)/t21-,24+,25-/m0/s1. The molecule has 0 bridgehead atoms. The number of hydrogen-bond acceptors (Lipinski definition) is 5. The maximum absolute atomic E-state index is 13.3. The molecule has 0 spiro atoms. The number of carbonyl (C=O) groups excluding carboxylic acids is 2. The topological polar surface area (TPSA) is 67.9 Å². The molecule has 1 aliphatic rings. The molecule has 1 amide bonds. The van der Waals surface area contributed by atoms with E-state index >= 15 is 0 Å². The van der Waals surface area contributed by atoms with E-state index in [1.807, 2.05) is 69.3 Å². The van der Waals surface area contributed by atoms with E-state index in [4.69, 9.17) is 9.47 Å². The lowest BCUT2D eigenvalue weighted by molar-refractivity contribution is -0.152. The van der Waals surface area contributed by atoms with Gasteiger partial charge in [-0.2, -0.15) is 0 Å². The molecule has 2 aromatic rings. The molecule has 6 heteroatoms. The van der Waals surface area contributed by atoms with Crippen LogP contribution in [0.3, 0.4) is 0 Å². The van der Waals surface area contributed by atoms with Crippen LogP contribution >= 0.6 is 0 Å². The van der Waals surface area contributed by atoms with Crippen molar-refractivity contribution in [3.05, 3.63) is 71.8 Å². The molecule has 0 radical (unpaired) electrons. The van der Waals surface area contributed by atoms with Gasteiger partial charge in [0.15, 0.2) is 0 Å². The number of carbonyl (C=O) groups is 2. The van der Waals surface area contributed by atoms with Crippen LogP contribution < -0.4 is 5.32 Å². The van der Waals surface area contributed by atoms with Crippen LogP contribution in [0, 0.1) is 5.92 Å². The van der Waals surface area contributed by atoms with Crippen molar-refractivity contribution in [2.75, 3.05) is 13.1 Å². The van der Waals surface area contributed by atoms with E-state index in [2.05, 4.69) is 29.3 Å². The first-order valence-corrected chi connectivity index (χ1v) is 12.2. The lowest BCUT2D eigenvalue weighted by Crippen LogP contribution is -2.42. The molecule has 3 atom stereocenters. The minimum Gasteiger partial charge on any atom is -0.460 e. The predicted octanol–water partition coefficient (Wildman–Crippen LogP) is 5.49. The minimum atomic E-state index is -0.517. The number of nitrogens with one attached hydrogen (secondary N) is 1. The number of alkyl carbamates (subject to hydrolysis) is 1. The van der Waals surface area contributed by atoms with Crippen LogP contribution in [0.15, 0.2) is 60.7 Å². The molecular formula is C28H38N2O4. The highest BCUT2D eigenvalue weighted by atomic mass is 16.6. The minimum absolute atomic E-state index is 0.111. The molecule has 3 rings (SSSR count). The van der Waals surface area contributed by atoms with Crippen LogP contribution in [-0.2, 0) is 20.9 Å². The first-order valence-electron chi connectivity index (χ1n) is 12.2. The van der Waals surface area contributed by atoms with Crippen LogP contribution in [0.2, 0.25) is 0 Å². The number of esters is 1. The summed E-state index contributed by atoms with van der Waals surface area (Å²) in [7, 11) is 0. The van der Waals surface area contributed by atoms with Gasteiger partial charge in [0.1, 0.15) is 18.2 Å². The molecule has 0 aliphatic carbocycles. The molecule has 2 aromatic carbocycles. The Hall–Kier alpha value is -2.86. The van der Waals surface area contributed by atoms with E-state index in [1.165, 1.54) is 5.56 Å². The summed E-state index contributed by atoms with van der Waals surface area (Å²) in [5.41, 5.74) is 1.65. The van der Waals surface area contributed by atoms with Gasteiger partial charge in [-0.25, -0.2) is 4.79 Å². The number of ether oxygens (including phenoxy) is 2. The number of hydrogen-bond donors (Lipinski definition) is 1. The van der Waals surface area contributed by atoms with Gasteiger partial charge in [-0.1, -0.05) is 60.7 Å². The lowest BCUT2D eigenvalue weighted by atomic mass is 9.94. The summed E-state index contributed by atoms with van der Waals surface area (Å²) in [5, 5.41) is 2.82. The number of amides is 1. The van der Waals surface area contributed by atoms with Gasteiger partial charge < -0.3 is 14.8 Å². The molecule has 1 heterocycles. The Morgan fingerprint density at radius 2 is 1.71 bits per heavy atom. The molecule has 0 aromatic heterocycles. The van der Waals surface area contributed by atoms with Crippen LogP contribution in [0.1, 0.15) is 64.1 Å². The molecule has 0 saturated carbocycles.